The predicted octanol–water partition coefficient (Wildman–Crippen LogP) is 4.35. The van der Waals surface area contributed by atoms with Crippen molar-refractivity contribution in [3.63, 3.8) is 0 Å². The first-order valence-electron chi connectivity index (χ1n) is 8.16. The highest BCUT2D eigenvalue weighted by molar-refractivity contribution is 6.39. The fraction of sp³-hybridized carbons (Fsp3) is 0.100. The van der Waals surface area contributed by atoms with Gasteiger partial charge in [-0.3, -0.25) is 4.79 Å². The summed E-state index contributed by atoms with van der Waals surface area (Å²) >= 11 is 12.2. The Labute approximate surface area is 170 Å². The van der Waals surface area contributed by atoms with E-state index in [-0.39, 0.29) is 29.5 Å². The van der Waals surface area contributed by atoms with Crippen LogP contribution in [0.3, 0.4) is 0 Å². The number of nitrogens with one attached hydrogen (secondary N) is 1. The molecule has 28 heavy (non-hydrogen) atoms. The second-order valence-corrected chi connectivity index (χ2v) is 6.76. The Kier molecular flexibility index (Phi) is 6.04. The molecule has 0 unspecified atom stereocenters. The molecule has 0 spiro atoms. The average molecular weight is 420 g/mol. The standard InChI is InChI=1S/C20H15Cl2NO5/c21-14-6-12-5-13(20(26)27)7-17(19(12)15(22)8-14)28-10-18(25)23-16-4-2-1-3-11(16)9-24/h1-8,24H,9-10H2,(H,23,25)(H,26,27). The molecule has 8 heteroatoms. The van der Waals surface area contributed by atoms with Gasteiger partial charge in [0, 0.05) is 21.7 Å². The van der Waals surface area contributed by atoms with Crippen LogP contribution in [0, 0.1) is 0 Å². The molecule has 0 saturated carbocycles. The minimum atomic E-state index is -1.15. The monoisotopic (exact) mass is 419 g/mol. The van der Waals surface area contributed by atoms with Crippen molar-refractivity contribution in [2.75, 3.05) is 11.9 Å². The smallest absolute Gasteiger partial charge is 0.335 e. The van der Waals surface area contributed by atoms with Crippen LogP contribution < -0.4 is 10.1 Å². The first-order valence-corrected chi connectivity index (χ1v) is 8.92. The van der Waals surface area contributed by atoms with E-state index < -0.39 is 11.9 Å². The number of carboxylic acids is 1. The van der Waals surface area contributed by atoms with E-state index in [1.165, 1.54) is 18.2 Å². The maximum absolute atomic E-state index is 12.3. The lowest BCUT2D eigenvalue weighted by atomic mass is 10.1. The van der Waals surface area contributed by atoms with Gasteiger partial charge >= 0.3 is 5.97 Å². The highest BCUT2D eigenvalue weighted by Gasteiger charge is 2.15. The Morgan fingerprint density at radius 2 is 1.82 bits per heavy atom. The first-order chi connectivity index (χ1) is 13.4. The van der Waals surface area contributed by atoms with Crippen molar-refractivity contribution in [2.24, 2.45) is 0 Å². The number of benzene rings is 3. The third kappa shape index (κ3) is 4.36. The molecule has 0 radical (unpaired) electrons. The van der Waals surface area contributed by atoms with Crippen molar-refractivity contribution in [3.8, 4) is 5.75 Å². The lowest BCUT2D eigenvalue weighted by molar-refractivity contribution is -0.118. The molecule has 0 bridgehead atoms. The molecular weight excluding hydrogens is 405 g/mol. The zero-order chi connectivity index (χ0) is 20.3. The summed E-state index contributed by atoms with van der Waals surface area (Å²) in [7, 11) is 0. The molecule has 3 N–H and O–H groups in total. The maximum atomic E-state index is 12.3. The molecule has 0 heterocycles. The van der Waals surface area contributed by atoms with Crippen LogP contribution in [0.4, 0.5) is 5.69 Å². The molecule has 1 amide bonds. The van der Waals surface area contributed by atoms with Crippen molar-refractivity contribution in [3.05, 3.63) is 69.7 Å². The van der Waals surface area contributed by atoms with E-state index in [9.17, 15) is 19.8 Å². The molecule has 0 fully saturated rings. The van der Waals surface area contributed by atoms with Gasteiger partial charge in [0.15, 0.2) is 6.61 Å². The van der Waals surface area contributed by atoms with E-state index >= 15 is 0 Å². The lowest BCUT2D eigenvalue weighted by Gasteiger charge is -2.13. The zero-order valence-electron chi connectivity index (χ0n) is 14.4. The molecule has 3 aromatic carbocycles. The third-order valence-electron chi connectivity index (χ3n) is 4.00. The van der Waals surface area contributed by atoms with Gasteiger partial charge in [0.25, 0.3) is 5.91 Å². The van der Waals surface area contributed by atoms with Gasteiger partial charge in [0.05, 0.1) is 17.2 Å². The van der Waals surface area contributed by atoms with Crippen LogP contribution >= 0.6 is 23.2 Å². The van der Waals surface area contributed by atoms with Gasteiger partial charge in [-0.2, -0.15) is 0 Å². The molecular formula is C20H15Cl2NO5. The predicted molar refractivity (Wildman–Crippen MR) is 107 cm³/mol. The molecule has 3 aromatic rings. The van der Waals surface area contributed by atoms with Crippen LogP contribution in [0.1, 0.15) is 15.9 Å². The Hall–Kier alpha value is -2.80. The number of para-hydroxylation sites is 1. The second-order valence-electron chi connectivity index (χ2n) is 5.92. The van der Waals surface area contributed by atoms with Crippen LogP contribution in [0.2, 0.25) is 10.0 Å². The Balaban J connectivity index is 1.87. The molecule has 0 aliphatic carbocycles. The fourth-order valence-electron chi connectivity index (χ4n) is 2.74. The van der Waals surface area contributed by atoms with Gasteiger partial charge in [0.1, 0.15) is 5.75 Å². The molecule has 144 valence electrons. The minimum absolute atomic E-state index is 0.0214. The number of carbonyl (C=O) groups is 2. The topological polar surface area (TPSA) is 95.9 Å². The number of anilines is 1. The van der Waals surface area contributed by atoms with Crippen LogP contribution in [-0.4, -0.2) is 28.7 Å². The number of aliphatic hydroxyl groups is 1. The molecule has 0 aliphatic heterocycles. The summed E-state index contributed by atoms with van der Waals surface area (Å²) in [4.78, 5) is 23.7. The number of carbonyl (C=O) groups excluding carboxylic acids is 1. The van der Waals surface area contributed by atoms with Crippen LogP contribution in [0.25, 0.3) is 10.8 Å². The summed E-state index contributed by atoms with van der Waals surface area (Å²) in [5.74, 6) is -1.47. The van der Waals surface area contributed by atoms with E-state index in [1.54, 1.807) is 30.3 Å². The number of ether oxygens (including phenoxy) is 1. The summed E-state index contributed by atoms with van der Waals surface area (Å²) in [5, 5.41) is 22.9. The number of aliphatic hydroxyl groups excluding tert-OH is 1. The highest BCUT2D eigenvalue weighted by atomic mass is 35.5. The van der Waals surface area contributed by atoms with Crippen LogP contribution in [-0.2, 0) is 11.4 Å². The molecule has 0 saturated heterocycles. The van der Waals surface area contributed by atoms with Crippen molar-refractivity contribution in [1.29, 1.82) is 0 Å². The Morgan fingerprint density at radius 3 is 2.54 bits per heavy atom. The molecule has 0 aliphatic rings. The summed E-state index contributed by atoms with van der Waals surface area (Å²) in [6.45, 7) is -0.601. The van der Waals surface area contributed by atoms with Crippen molar-refractivity contribution in [2.45, 2.75) is 6.61 Å². The first kappa shape index (κ1) is 19.9. The van der Waals surface area contributed by atoms with Gasteiger partial charge in [-0.05, 0) is 35.7 Å². The number of hydrogen-bond acceptors (Lipinski definition) is 4. The van der Waals surface area contributed by atoms with Crippen molar-refractivity contribution < 1.29 is 24.5 Å². The maximum Gasteiger partial charge on any atom is 0.335 e. The van der Waals surface area contributed by atoms with Crippen molar-refractivity contribution >= 4 is 51.5 Å². The van der Waals surface area contributed by atoms with E-state index in [1.807, 2.05) is 0 Å². The number of aromatic carboxylic acids is 1. The van der Waals surface area contributed by atoms with E-state index in [2.05, 4.69) is 5.32 Å². The highest BCUT2D eigenvalue weighted by Crippen LogP contribution is 2.36. The number of rotatable bonds is 6. The summed E-state index contributed by atoms with van der Waals surface area (Å²) in [5.41, 5.74) is 1.01. The number of hydrogen-bond donors (Lipinski definition) is 3. The van der Waals surface area contributed by atoms with Gasteiger partial charge in [-0.25, -0.2) is 4.79 Å². The van der Waals surface area contributed by atoms with Gasteiger partial charge in [-0.1, -0.05) is 41.4 Å². The second kappa shape index (κ2) is 8.48. The number of halogens is 2. The summed E-state index contributed by atoms with van der Waals surface area (Å²) in [6.07, 6.45) is 0. The molecule has 0 atom stereocenters. The number of carboxylic acid groups (broad SMARTS) is 1. The quantitative estimate of drug-likeness (QED) is 0.551. The minimum Gasteiger partial charge on any atom is -0.483 e. The molecule has 0 aromatic heterocycles. The van der Waals surface area contributed by atoms with Gasteiger partial charge in [0.2, 0.25) is 0 Å². The molecule has 3 rings (SSSR count). The van der Waals surface area contributed by atoms with E-state index in [4.69, 9.17) is 27.9 Å². The Bertz CT molecular complexity index is 1070. The number of amides is 1. The lowest BCUT2D eigenvalue weighted by Crippen LogP contribution is -2.21. The van der Waals surface area contributed by atoms with Crippen LogP contribution in [0.5, 0.6) is 5.75 Å². The van der Waals surface area contributed by atoms with E-state index in [0.717, 1.165) is 0 Å². The normalized spacial score (nSPS) is 10.7. The average Bonchev–Trinajstić information content (AvgIpc) is 2.65. The van der Waals surface area contributed by atoms with Crippen LogP contribution in [0.15, 0.2) is 48.5 Å². The van der Waals surface area contributed by atoms with Gasteiger partial charge in [-0.15, -0.1) is 0 Å². The Morgan fingerprint density at radius 1 is 1.07 bits per heavy atom. The summed E-state index contributed by atoms with van der Waals surface area (Å²) in [6, 6.07) is 12.6. The van der Waals surface area contributed by atoms with Gasteiger partial charge < -0.3 is 20.3 Å². The number of fused-ring (bicyclic) bond motifs is 1. The fourth-order valence-corrected chi connectivity index (χ4v) is 3.34. The zero-order valence-corrected chi connectivity index (χ0v) is 15.9. The largest absolute Gasteiger partial charge is 0.483 e. The summed E-state index contributed by atoms with van der Waals surface area (Å²) < 4.78 is 5.57. The SMILES string of the molecule is O=C(COc1cc(C(=O)O)cc2cc(Cl)cc(Cl)c12)Nc1ccccc1CO. The third-order valence-corrected chi connectivity index (χ3v) is 4.51. The molecule has 6 nitrogen and oxygen atoms in total. The van der Waals surface area contributed by atoms with E-state index in [0.29, 0.717) is 27.0 Å². The van der Waals surface area contributed by atoms with Crippen molar-refractivity contribution in [1.82, 2.24) is 0 Å².